The standard InChI is InChI=1S/C26H35NO6/c1-4-17-6-8-21(19-9-10-27-15-19)22(11-17)24(33-16(2)28)14-20(29)7-5-18-12-23(30)26(31)25(13-18)32-3/h9-10,12-13,15,17,21-22,24,27,30-31H,4-8,11,14H2,1-3H3/t17-,21+,22-,24+/m1/s1. The van der Waals surface area contributed by atoms with Crippen LogP contribution in [-0.2, 0) is 20.7 Å². The number of Topliss-reactive ketones (excluding diaryl/α,β-unsaturated/α-hetero) is 1. The average molecular weight is 458 g/mol. The predicted octanol–water partition coefficient (Wildman–Crippen LogP) is 4.87. The van der Waals surface area contributed by atoms with Gasteiger partial charge in [-0.1, -0.05) is 13.3 Å². The molecule has 0 spiro atoms. The van der Waals surface area contributed by atoms with E-state index in [0.29, 0.717) is 17.9 Å². The van der Waals surface area contributed by atoms with E-state index in [0.717, 1.165) is 25.7 Å². The second kappa shape index (κ2) is 11.3. The van der Waals surface area contributed by atoms with Crippen molar-refractivity contribution in [2.24, 2.45) is 11.8 Å². The summed E-state index contributed by atoms with van der Waals surface area (Å²) in [4.78, 5) is 28.0. The monoisotopic (exact) mass is 457 g/mol. The van der Waals surface area contributed by atoms with Gasteiger partial charge in [-0.05, 0) is 66.8 Å². The first kappa shape index (κ1) is 24.7. The Morgan fingerprint density at radius 1 is 1.24 bits per heavy atom. The van der Waals surface area contributed by atoms with Gasteiger partial charge in [-0.25, -0.2) is 0 Å². The van der Waals surface area contributed by atoms with Gasteiger partial charge in [0.05, 0.1) is 7.11 Å². The quantitative estimate of drug-likeness (QED) is 0.347. The molecule has 1 aliphatic rings. The molecule has 1 aliphatic carbocycles. The summed E-state index contributed by atoms with van der Waals surface area (Å²) in [5.41, 5.74) is 1.89. The Morgan fingerprint density at radius 3 is 2.67 bits per heavy atom. The molecule has 1 saturated carbocycles. The number of aromatic amines is 1. The van der Waals surface area contributed by atoms with Crippen LogP contribution in [0, 0.1) is 11.8 Å². The SMILES string of the molecule is CC[C@@H]1CC[C@@H](c2cc[nH]c2)[C@H]([C@H](CC(=O)CCc2cc(O)c(O)c(OC)c2)OC(C)=O)C1. The van der Waals surface area contributed by atoms with Crippen molar-refractivity contribution in [2.75, 3.05) is 7.11 Å². The Kier molecular flexibility index (Phi) is 8.42. The Bertz CT molecular complexity index is 939. The summed E-state index contributed by atoms with van der Waals surface area (Å²) >= 11 is 0. The first-order chi connectivity index (χ1) is 15.8. The number of nitrogens with one attached hydrogen (secondary N) is 1. The normalized spacial score (nSPS) is 21.4. The number of aromatic nitrogens is 1. The van der Waals surface area contributed by atoms with Crippen LogP contribution in [-0.4, -0.2) is 40.2 Å². The highest BCUT2D eigenvalue weighted by molar-refractivity contribution is 5.79. The minimum atomic E-state index is -0.466. The second-order valence-electron chi connectivity index (χ2n) is 9.06. The molecule has 1 aromatic carbocycles. The third kappa shape index (κ3) is 6.30. The van der Waals surface area contributed by atoms with Gasteiger partial charge in [0.25, 0.3) is 0 Å². The lowest BCUT2D eigenvalue weighted by Gasteiger charge is -2.39. The van der Waals surface area contributed by atoms with E-state index in [1.165, 1.54) is 25.7 Å². The third-order valence-corrected chi connectivity index (χ3v) is 6.89. The molecule has 2 aromatic rings. The number of methoxy groups -OCH3 is 1. The van der Waals surface area contributed by atoms with Gasteiger partial charge in [-0.3, -0.25) is 9.59 Å². The van der Waals surface area contributed by atoms with Crippen LogP contribution in [0.3, 0.4) is 0 Å². The van der Waals surface area contributed by atoms with Gasteiger partial charge in [0.15, 0.2) is 11.5 Å². The van der Waals surface area contributed by atoms with E-state index in [1.807, 2.05) is 12.4 Å². The molecule has 1 heterocycles. The van der Waals surface area contributed by atoms with Crippen LogP contribution >= 0.6 is 0 Å². The maximum Gasteiger partial charge on any atom is 0.302 e. The van der Waals surface area contributed by atoms with Gasteiger partial charge in [0.2, 0.25) is 5.75 Å². The summed E-state index contributed by atoms with van der Waals surface area (Å²) in [5, 5.41) is 19.7. The van der Waals surface area contributed by atoms with Crippen molar-refractivity contribution in [3.8, 4) is 17.2 Å². The number of phenolic OH excluding ortho intramolecular Hbond substituents is 2. The smallest absolute Gasteiger partial charge is 0.302 e. The van der Waals surface area contributed by atoms with Crippen molar-refractivity contribution >= 4 is 11.8 Å². The van der Waals surface area contributed by atoms with Crippen molar-refractivity contribution in [3.05, 3.63) is 41.7 Å². The number of ether oxygens (including phenoxy) is 2. The molecule has 0 aliphatic heterocycles. The summed E-state index contributed by atoms with van der Waals surface area (Å²) < 4.78 is 10.8. The highest BCUT2D eigenvalue weighted by atomic mass is 16.5. The van der Waals surface area contributed by atoms with Gasteiger partial charge in [-0.2, -0.15) is 0 Å². The molecule has 0 amide bonds. The van der Waals surface area contributed by atoms with Gasteiger partial charge in [0.1, 0.15) is 11.9 Å². The summed E-state index contributed by atoms with van der Waals surface area (Å²) in [6, 6.07) is 5.12. The maximum atomic E-state index is 13.0. The summed E-state index contributed by atoms with van der Waals surface area (Å²) in [6.45, 7) is 3.58. The first-order valence-electron chi connectivity index (χ1n) is 11.7. The molecule has 0 bridgehead atoms. The van der Waals surface area contributed by atoms with Crippen molar-refractivity contribution in [2.45, 2.75) is 70.8 Å². The Morgan fingerprint density at radius 2 is 2.03 bits per heavy atom. The Hall–Kier alpha value is -2.96. The topological polar surface area (TPSA) is 109 Å². The molecule has 3 rings (SSSR count). The van der Waals surface area contributed by atoms with Gasteiger partial charge in [0, 0.05) is 38.1 Å². The van der Waals surface area contributed by atoms with E-state index in [2.05, 4.69) is 18.0 Å². The van der Waals surface area contributed by atoms with Gasteiger partial charge in [-0.15, -0.1) is 0 Å². The molecule has 180 valence electrons. The van der Waals surface area contributed by atoms with Crippen LogP contribution in [0.15, 0.2) is 30.6 Å². The van der Waals surface area contributed by atoms with Crippen LogP contribution in [0.2, 0.25) is 0 Å². The van der Waals surface area contributed by atoms with Crippen LogP contribution in [0.25, 0.3) is 0 Å². The van der Waals surface area contributed by atoms with Gasteiger partial charge < -0.3 is 24.7 Å². The number of hydrogen-bond acceptors (Lipinski definition) is 6. The van der Waals surface area contributed by atoms with E-state index in [1.54, 1.807) is 6.07 Å². The van der Waals surface area contributed by atoms with Crippen molar-refractivity contribution in [1.29, 1.82) is 0 Å². The number of phenols is 2. The Balaban J connectivity index is 1.73. The minimum absolute atomic E-state index is 0.000720. The lowest BCUT2D eigenvalue weighted by molar-refractivity contribution is -0.152. The molecule has 4 atom stereocenters. The van der Waals surface area contributed by atoms with Crippen molar-refractivity contribution < 1.29 is 29.3 Å². The Labute approximate surface area is 195 Å². The zero-order valence-electron chi connectivity index (χ0n) is 19.7. The zero-order chi connectivity index (χ0) is 24.0. The number of esters is 1. The molecule has 0 radical (unpaired) electrons. The number of hydrogen-bond donors (Lipinski definition) is 3. The van der Waals surface area contributed by atoms with E-state index in [9.17, 15) is 19.8 Å². The van der Waals surface area contributed by atoms with E-state index >= 15 is 0 Å². The summed E-state index contributed by atoms with van der Waals surface area (Å²) in [6.07, 6.45) is 8.39. The highest BCUT2D eigenvalue weighted by Gasteiger charge is 2.38. The molecular formula is C26H35NO6. The molecule has 33 heavy (non-hydrogen) atoms. The van der Waals surface area contributed by atoms with Crippen LogP contribution < -0.4 is 4.74 Å². The minimum Gasteiger partial charge on any atom is -0.504 e. The number of aromatic hydroxyl groups is 2. The summed E-state index contributed by atoms with van der Waals surface area (Å²) in [7, 11) is 1.40. The second-order valence-corrected chi connectivity index (χ2v) is 9.06. The molecule has 0 saturated heterocycles. The number of rotatable bonds is 10. The molecule has 0 unspecified atom stereocenters. The lowest BCUT2D eigenvalue weighted by atomic mass is 9.68. The largest absolute Gasteiger partial charge is 0.504 e. The number of carbonyl (C=O) groups is 2. The van der Waals surface area contributed by atoms with E-state index in [4.69, 9.17) is 9.47 Å². The number of benzene rings is 1. The number of carbonyl (C=O) groups excluding carboxylic acids is 2. The fourth-order valence-corrected chi connectivity index (χ4v) is 5.11. The first-order valence-corrected chi connectivity index (χ1v) is 11.7. The van der Waals surface area contributed by atoms with E-state index in [-0.39, 0.29) is 53.7 Å². The van der Waals surface area contributed by atoms with Crippen molar-refractivity contribution in [1.82, 2.24) is 4.98 Å². The molecule has 1 aromatic heterocycles. The highest BCUT2D eigenvalue weighted by Crippen LogP contribution is 2.44. The molecular weight excluding hydrogens is 422 g/mol. The molecule has 7 nitrogen and oxygen atoms in total. The predicted molar refractivity (Wildman–Crippen MR) is 124 cm³/mol. The molecule has 3 N–H and O–H groups in total. The third-order valence-electron chi connectivity index (χ3n) is 6.89. The average Bonchev–Trinajstić information content (AvgIpc) is 3.33. The van der Waals surface area contributed by atoms with Crippen molar-refractivity contribution in [3.63, 3.8) is 0 Å². The molecule has 1 fully saturated rings. The fraction of sp³-hybridized carbons (Fsp3) is 0.538. The van der Waals surface area contributed by atoms with Gasteiger partial charge >= 0.3 is 5.97 Å². The zero-order valence-corrected chi connectivity index (χ0v) is 19.7. The van der Waals surface area contributed by atoms with Crippen LogP contribution in [0.4, 0.5) is 0 Å². The number of ketones is 1. The van der Waals surface area contributed by atoms with E-state index < -0.39 is 6.10 Å². The summed E-state index contributed by atoms with van der Waals surface area (Å²) in [5.74, 6) is 0.0901. The maximum absolute atomic E-state index is 13.0. The fourth-order valence-electron chi connectivity index (χ4n) is 5.11. The number of H-pyrrole nitrogens is 1. The lowest BCUT2D eigenvalue weighted by Crippen LogP contribution is -2.37. The van der Waals surface area contributed by atoms with Crippen LogP contribution in [0.1, 0.15) is 69.4 Å². The molecule has 7 heteroatoms. The number of aryl methyl sites for hydroxylation is 1. The van der Waals surface area contributed by atoms with Crippen LogP contribution in [0.5, 0.6) is 17.2 Å².